The van der Waals surface area contributed by atoms with Crippen molar-refractivity contribution in [2.45, 2.75) is 26.7 Å². The second-order valence-electron chi connectivity index (χ2n) is 3.69. The van der Waals surface area contributed by atoms with Crippen LogP contribution in [-0.4, -0.2) is 6.54 Å². The van der Waals surface area contributed by atoms with Crippen LogP contribution in [0.3, 0.4) is 0 Å². The number of benzene rings is 1. The third-order valence-electron chi connectivity index (χ3n) is 2.67. The van der Waals surface area contributed by atoms with Crippen molar-refractivity contribution in [3.63, 3.8) is 0 Å². The Morgan fingerprint density at radius 2 is 2.00 bits per heavy atom. The summed E-state index contributed by atoms with van der Waals surface area (Å²) < 4.78 is 13.1. The van der Waals surface area contributed by atoms with E-state index in [9.17, 15) is 4.39 Å². The van der Waals surface area contributed by atoms with Crippen LogP contribution < -0.4 is 5.32 Å². The molecule has 0 atom stereocenters. The van der Waals surface area contributed by atoms with E-state index in [1.165, 1.54) is 6.07 Å². The van der Waals surface area contributed by atoms with Crippen molar-refractivity contribution in [3.05, 3.63) is 29.0 Å². The van der Waals surface area contributed by atoms with Gasteiger partial charge in [-0.1, -0.05) is 38.3 Å². The third kappa shape index (κ3) is 3.71. The lowest BCUT2D eigenvalue weighted by molar-refractivity contribution is 0.519. The minimum absolute atomic E-state index is 0.170. The van der Waals surface area contributed by atoms with E-state index in [2.05, 4.69) is 19.2 Å². The molecule has 1 nitrogen and oxygen atoms in total. The van der Waals surface area contributed by atoms with Crippen molar-refractivity contribution in [2.24, 2.45) is 5.92 Å². The highest BCUT2D eigenvalue weighted by Crippen LogP contribution is 2.19. The molecule has 0 amide bonds. The smallest absolute Gasteiger partial charge is 0.143 e. The standard InChI is InChI=1S/C12H17ClFN/c1-3-9(4-2)8-15-10-5-6-11(13)12(14)7-10/h5-7,9,15H,3-4,8H2,1-2H3. The molecule has 0 heterocycles. The average Bonchev–Trinajstić information content (AvgIpc) is 2.24. The molecule has 84 valence electrons. The van der Waals surface area contributed by atoms with Crippen LogP contribution in [0.15, 0.2) is 18.2 Å². The first-order valence-corrected chi connectivity index (χ1v) is 5.74. The number of rotatable bonds is 5. The number of anilines is 1. The molecule has 15 heavy (non-hydrogen) atoms. The maximum atomic E-state index is 13.1. The summed E-state index contributed by atoms with van der Waals surface area (Å²) in [7, 11) is 0. The minimum atomic E-state index is -0.369. The molecule has 1 N–H and O–H groups in total. The fourth-order valence-corrected chi connectivity index (χ4v) is 1.56. The van der Waals surface area contributed by atoms with Gasteiger partial charge in [-0.3, -0.25) is 0 Å². The first-order chi connectivity index (χ1) is 7.17. The number of halogens is 2. The number of hydrogen-bond donors (Lipinski definition) is 1. The molecule has 0 aliphatic rings. The van der Waals surface area contributed by atoms with Crippen molar-refractivity contribution in [3.8, 4) is 0 Å². The topological polar surface area (TPSA) is 12.0 Å². The van der Waals surface area contributed by atoms with Crippen LogP contribution in [-0.2, 0) is 0 Å². The Morgan fingerprint density at radius 1 is 1.33 bits per heavy atom. The first kappa shape index (κ1) is 12.3. The van der Waals surface area contributed by atoms with E-state index >= 15 is 0 Å². The molecule has 0 aliphatic heterocycles. The van der Waals surface area contributed by atoms with E-state index in [0.29, 0.717) is 5.92 Å². The van der Waals surface area contributed by atoms with E-state index < -0.39 is 0 Å². The van der Waals surface area contributed by atoms with E-state index in [-0.39, 0.29) is 10.8 Å². The third-order valence-corrected chi connectivity index (χ3v) is 2.98. The van der Waals surface area contributed by atoms with Gasteiger partial charge in [0.15, 0.2) is 0 Å². The van der Waals surface area contributed by atoms with Crippen LogP contribution in [0, 0.1) is 11.7 Å². The molecular weight excluding hydrogens is 213 g/mol. The van der Waals surface area contributed by atoms with Gasteiger partial charge in [-0.15, -0.1) is 0 Å². The predicted octanol–water partition coefficient (Wildman–Crippen LogP) is 4.33. The molecule has 1 rings (SSSR count). The van der Waals surface area contributed by atoms with Crippen LogP contribution in [0.2, 0.25) is 5.02 Å². The Bertz CT molecular complexity index is 310. The SMILES string of the molecule is CCC(CC)CNc1ccc(Cl)c(F)c1. The maximum Gasteiger partial charge on any atom is 0.143 e. The molecule has 0 saturated carbocycles. The summed E-state index contributed by atoms with van der Waals surface area (Å²) in [5.74, 6) is 0.273. The highest BCUT2D eigenvalue weighted by Gasteiger charge is 2.04. The monoisotopic (exact) mass is 229 g/mol. The Hall–Kier alpha value is -0.760. The zero-order valence-electron chi connectivity index (χ0n) is 9.19. The molecule has 1 aromatic rings. The molecule has 0 radical (unpaired) electrons. The zero-order chi connectivity index (χ0) is 11.3. The van der Waals surface area contributed by atoms with Gasteiger partial charge in [-0.2, -0.15) is 0 Å². The van der Waals surface area contributed by atoms with Crippen LogP contribution in [0.25, 0.3) is 0 Å². The molecule has 0 bridgehead atoms. The van der Waals surface area contributed by atoms with Gasteiger partial charge in [-0.05, 0) is 24.1 Å². The van der Waals surface area contributed by atoms with Crippen LogP contribution in [0.4, 0.5) is 10.1 Å². The Morgan fingerprint density at radius 3 is 2.53 bits per heavy atom. The molecule has 0 aliphatic carbocycles. The summed E-state index contributed by atoms with van der Waals surface area (Å²) in [4.78, 5) is 0. The Kier molecular flexibility index (Phi) is 4.89. The predicted molar refractivity (Wildman–Crippen MR) is 64.0 cm³/mol. The van der Waals surface area contributed by atoms with Crippen LogP contribution in [0.1, 0.15) is 26.7 Å². The Labute approximate surface area is 95.6 Å². The highest BCUT2D eigenvalue weighted by molar-refractivity contribution is 6.30. The second-order valence-corrected chi connectivity index (χ2v) is 4.10. The van der Waals surface area contributed by atoms with Crippen LogP contribution in [0.5, 0.6) is 0 Å². The quantitative estimate of drug-likeness (QED) is 0.793. The van der Waals surface area contributed by atoms with E-state index in [4.69, 9.17) is 11.6 Å². The summed E-state index contributed by atoms with van der Waals surface area (Å²) in [6.07, 6.45) is 2.28. The van der Waals surface area contributed by atoms with Crippen molar-refractivity contribution in [2.75, 3.05) is 11.9 Å². The lowest BCUT2D eigenvalue weighted by Crippen LogP contribution is -2.12. The zero-order valence-corrected chi connectivity index (χ0v) is 9.94. The molecule has 0 unspecified atom stereocenters. The van der Waals surface area contributed by atoms with Gasteiger partial charge in [0, 0.05) is 12.2 Å². The van der Waals surface area contributed by atoms with Crippen molar-refractivity contribution in [1.29, 1.82) is 0 Å². The average molecular weight is 230 g/mol. The fourth-order valence-electron chi connectivity index (χ4n) is 1.45. The van der Waals surface area contributed by atoms with Gasteiger partial charge in [0.05, 0.1) is 5.02 Å². The van der Waals surface area contributed by atoms with E-state index in [1.54, 1.807) is 12.1 Å². The minimum Gasteiger partial charge on any atom is -0.385 e. The van der Waals surface area contributed by atoms with Crippen molar-refractivity contribution >= 4 is 17.3 Å². The lowest BCUT2D eigenvalue weighted by Gasteiger charge is -2.14. The summed E-state index contributed by atoms with van der Waals surface area (Å²) >= 11 is 5.60. The van der Waals surface area contributed by atoms with Crippen LogP contribution >= 0.6 is 11.6 Å². The summed E-state index contributed by atoms with van der Waals surface area (Å²) in [6, 6.07) is 4.81. The molecule has 3 heteroatoms. The fraction of sp³-hybridized carbons (Fsp3) is 0.500. The molecule has 0 fully saturated rings. The van der Waals surface area contributed by atoms with Gasteiger partial charge in [0.1, 0.15) is 5.82 Å². The van der Waals surface area contributed by atoms with E-state index in [0.717, 1.165) is 25.1 Å². The summed E-state index contributed by atoms with van der Waals surface area (Å²) in [5.41, 5.74) is 0.795. The Balaban J connectivity index is 2.54. The molecular formula is C12H17ClFN. The van der Waals surface area contributed by atoms with Gasteiger partial charge in [0.25, 0.3) is 0 Å². The number of hydrogen-bond acceptors (Lipinski definition) is 1. The van der Waals surface area contributed by atoms with Gasteiger partial charge >= 0.3 is 0 Å². The highest BCUT2D eigenvalue weighted by atomic mass is 35.5. The van der Waals surface area contributed by atoms with Crippen molar-refractivity contribution < 1.29 is 4.39 Å². The van der Waals surface area contributed by atoms with Gasteiger partial charge in [0.2, 0.25) is 0 Å². The van der Waals surface area contributed by atoms with Gasteiger partial charge < -0.3 is 5.32 Å². The maximum absolute atomic E-state index is 13.1. The first-order valence-electron chi connectivity index (χ1n) is 5.36. The summed E-state index contributed by atoms with van der Waals surface area (Å²) in [5, 5.41) is 3.39. The molecule has 0 spiro atoms. The second kappa shape index (κ2) is 5.96. The summed E-state index contributed by atoms with van der Waals surface area (Å²) in [6.45, 7) is 5.21. The van der Waals surface area contributed by atoms with Gasteiger partial charge in [-0.25, -0.2) is 4.39 Å². The normalized spacial score (nSPS) is 10.7. The van der Waals surface area contributed by atoms with E-state index in [1.807, 2.05) is 0 Å². The number of nitrogens with one attached hydrogen (secondary N) is 1. The van der Waals surface area contributed by atoms with Crippen molar-refractivity contribution in [1.82, 2.24) is 0 Å². The largest absolute Gasteiger partial charge is 0.385 e. The molecule has 0 saturated heterocycles. The molecule has 1 aromatic carbocycles. The molecule has 0 aromatic heterocycles. The lowest BCUT2D eigenvalue weighted by atomic mass is 10.0.